The standard InChI is InChI=1S/C22H29N3O/c1-2-23-21(25-13-10-22(16-25)11-14-26-17-22)24-12-9-18-7-8-19-5-3-4-6-20(19)15-18/h3-8,15H,2,9-14,16-17H2,1H3,(H,23,24). The molecule has 2 aliphatic heterocycles. The Bertz CT molecular complexity index is 780. The van der Waals surface area contributed by atoms with E-state index in [1.54, 1.807) is 0 Å². The van der Waals surface area contributed by atoms with Gasteiger partial charge in [-0.2, -0.15) is 0 Å². The van der Waals surface area contributed by atoms with Crippen molar-refractivity contribution in [2.75, 3.05) is 39.4 Å². The number of guanidine groups is 1. The van der Waals surface area contributed by atoms with E-state index in [4.69, 9.17) is 9.73 Å². The molecule has 26 heavy (non-hydrogen) atoms. The van der Waals surface area contributed by atoms with Crippen LogP contribution in [-0.4, -0.2) is 50.3 Å². The van der Waals surface area contributed by atoms with E-state index in [2.05, 4.69) is 59.6 Å². The van der Waals surface area contributed by atoms with Gasteiger partial charge in [-0.25, -0.2) is 0 Å². The van der Waals surface area contributed by atoms with Crippen molar-refractivity contribution < 1.29 is 4.74 Å². The molecule has 1 atom stereocenters. The van der Waals surface area contributed by atoms with Crippen molar-refractivity contribution in [3.05, 3.63) is 48.0 Å². The fourth-order valence-electron chi connectivity index (χ4n) is 4.20. The molecular weight excluding hydrogens is 322 g/mol. The van der Waals surface area contributed by atoms with Gasteiger partial charge in [-0.05, 0) is 42.5 Å². The normalized spacial score (nSPS) is 23.3. The number of nitrogens with one attached hydrogen (secondary N) is 1. The van der Waals surface area contributed by atoms with E-state index in [1.807, 2.05) is 0 Å². The molecule has 4 heteroatoms. The van der Waals surface area contributed by atoms with E-state index in [9.17, 15) is 0 Å². The zero-order valence-electron chi connectivity index (χ0n) is 15.7. The van der Waals surface area contributed by atoms with Crippen molar-refractivity contribution in [2.24, 2.45) is 10.4 Å². The number of nitrogens with zero attached hydrogens (tertiary/aromatic N) is 2. The zero-order chi connectivity index (χ0) is 17.8. The maximum absolute atomic E-state index is 5.66. The molecule has 4 nitrogen and oxygen atoms in total. The minimum atomic E-state index is 0.370. The molecule has 2 aromatic rings. The first-order valence-electron chi connectivity index (χ1n) is 9.87. The van der Waals surface area contributed by atoms with Gasteiger partial charge in [0.05, 0.1) is 6.61 Å². The van der Waals surface area contributed by atoms with Gasteiger partial charge in [-0.15, -0.1) is 0 Å². The number of rotatable bonds is 4. The average Bonchev–Trinajstić information content (AvgIpc) is 3.31. The third-order valence-corrected chi connectivity index (χ3v) is 5.73. The Kier molecular flexibility index (Phi) is 5.11. The molecule has 1 N–H and O–H groups in total. The highest BCUT2D eigenvalue weighted by molar-refractivity contribution is 5.83. The molecule has 0 aliphatic carbocycles. The summed E-state index contributed by atoms with van der Waals surface area (Å²) in [7, 11) is 0. The number of hydrogen-bond donors (Lipinski definition) is 1. The molecule has 1 spiro atoms. The summed E-state index contributed by atoms with van der Waals surface area (Å²) in [6, 6.07) is 15.3. The van der Waals surface area contributed by atoms with Crippen LogP contribution in [-0.2, 0) is 11.2 Å². The number of fused-ring (bicyclic) bond motifs is 1. The number of aliphatic imine (C=N–C) groups is 1. The molecule has 2 aromatic carbocycles. The lowest BCUT2D eigenvalue weighted by molar-refractivity contribution is 0.156. The Morgan fingerprint density at radius 3 is 2.88 bits per heavy atom. The lowest BCUT2D eigenvalue weighted by Crippen LogP contribution is -2.41. The van der Waals surface area contributed by atoms with E-state index >= 15 is 0 Å². The fourth-order valence-corrected chi connectivity index (χ4v) is 4.20. The van der Waals surface area contributed by atoms with Crippen LogP contribution in [0.5, 0.6) is 0 Å². The second-order valence-corrected chi connectivity index (χ2v) is 7.64. The molecule has 0 amide bonds. The summed E-state index contributed by atoms with van der Waals surface area (Å²) in [6.07, 6.45) is 3.39. The van der Waals surface area contributed by atoms with Crippen LogP contribution in [0.25, 0.3) is 10.8 Å². The third-order valence-electron chi connectivity index (χ3n) is 5.73. The molecule has 2 fully saturated rings. The molecule has 0 radical (unpaired) electrons. The van der Waals surface area contributed by atoms with E-state index < -0.39 is 0 Å². The fraction of sp³-hybridized carbons (Fsp3) is 0.500. The highest BCUT2D eigenvalue weighted by Gasteiger charge is 2.42. The van der Waals surface area contributed by atoms with Crippen molar-refractivity contribution in [1.82, 2.24) is 10.2 Å². The number of ether oxygens (including phenoxy) is 1. The summed E-state index contributed by atoms with van der Waals surface area (Å²) in [5, 5.41) is 6.09. The largest absolute Gasteiger partial charge is 0.381 e. The Hall–Kier alpha value is -2.07. The summed E-state index contributed by atoms with van der Waals surface area (Å²) < 4.78 is 5.66. The van der Waals surface area contributed by atoms with Crippen LogP contribution in [0.2, 0.25) is 0 Å². The smallest absolute Gasteiger partial charge is 0.193 e. The first-order chi connectivity index (χ1) is 12.8. The SMILES string of the molecule is CCNC(=NCCc1ccc2ccccc2c1)N1CCC2(CCOC2)C1. The first-order valence-corrected chi connectivity index (χ1v) is 9.87. The van der Waals surface area contributed by atoms with Crippen molar-refractivity contribution in [1.29, 1.82) is 0 Å². The topological polar surface area (TPSA) is 36.9 Å². The predicted octanol–water partition coefficient (Wildman–Crippen LogP) is 3.46. The second kappa shape index (κ2) is 7.67. The lowest BCUT2D eigenvalue weighted by Gasteiger charge is -2.25. The molecule has 0 aromatic heterocycles. The molecular formula is C22H29N3O. The molecule has 1 unspecified atom stereocenters. The van der Waals surface area contributed by atoms with Crippen molar-refractivity contribution in [2.45, 2.75) is 26.2 Å². The van der Waals surface area contributed by atoms with Crippen molar-refractivity contribution in [3.8, 4) is 0 Å². The number of benzene rings is 2. The zero-order valence-corrected chi connectivity index (χ0v) is 15.7. The summed E-state index contributed by atoms with van der Waals surface area (Å²) >= 11 is 0. The van der Waals surface area contributed by atoms with E-state index in [1.165, 1.54) is 29.2 Å². The van der Waals surface area contributed by atoms with Gasteiger partial charge in [0.1, 0.15) is 0 Å². The number of hydrogen-bond acceptors (Lipinski definition) is 2. The number of likely N-dealkylation sites (tertiary alicyclic amines) is 1. The van der Waals surface area contributed by atoms with Crippen LogP contribution in [0, 0.1) is 5.41 Å². The van der Waals surface area contributed by atoms with Crippen LogP contribution in [0.3, 0.4) is 0 Å². The quantitative estimate of drug-likeness (QED) is 0.677. The van der Waals surface area contributed by atoms with Gasteiger partial charge in [0, 0.05) is 38.2 Å². The van der Waals surface area contributed by atoms with Crippen LogP contribution in [0.15, 0.2) is 47.5 Å². The second-order valence-electron chi connectivity index (χ2n) is 7.64. The minimum Gasteiger partial charge on any atom is -0.381 e. The van der Waals surface area contributed by atoms with Gasteiger partial charge in [0.2, 0.25) is 0 Å². The van der Waals surface area contributed by atoms with Gasteiger partial charge in [0.25, 0.3) is 0 Å². The Morgan fingerprint density at radius 2 is 2.08 bits per heavy atom. The van der Waals surface area contributed by atoms with Crippen molar-refractivity contribution in [3.63, 3.8) is 0 Å². The first kappa shape index (κ1) is 17.3. The lowest BCUT2D eigenvalue weighted by atomic mass is 9.87. The van der Waals surface area contributed by atoms with Crippen molar-refractivity contribution >= 4 is 16.7 Å². The average molecular weight is 351 g/mol. The molecule has 2 heterocycles. The van der Waals surface area contributed by atoms with Crippen LogP contribution < -0.4 is 5.32 Å². The summed E-state index contributed by atoms with van der Waals surface area (Å²) in [6.45, 7) is 7.88. The van der Waals surface area contributed by atoms with Crippen LogP contribution >= 0.6 is 0 Å². The molecule has 4 rings (SSSR count). The van der Waals surface area contributed by atoms with E-state index in [0.29, 0.717) is 5.41 Å². The van der Waals surface area contributed by atoms with Gasteiger partial charge in [-0.3, -0.25) is 4.99 Å². The van der Waals surface area contributed by atoms with Crippen LogP contribution in [0.4, 0.5) is 0 Å². The highest BCUT2D eigenvalue weighted by Crippen LogP contribution is 2.38. The third kappa shape index (κ3) is 3.70. The molecule has 138 valence electrons. The summed E-state index contributed by atoms with van der Waals surface area (Å²) in [5.41, 5.74) is 1.72. The Balaban J connectivity index is 1.41. The highest BCUT2D eigenvalue weighted by atomic mass is 16.5. The molecule has 2 aliphatic rings. The van der Waals surface area contributed by atoms with Gasteiger partial charge < -0.3 is 15.0 Å². The summed E-state index contributed by atoms with van der Waals surface area (Å²) in [5.74, 6) is 1.07. The molecule has 2 saturated heterocycles. The van der Waals surface area contributed by atoms with E-state index in [-0.39, 0.29) is 0 Å². The van der Waals surface area contributed by atoms with Crippen LogP contribution in [0.1, 0.15) is 25.3 Å². The van der Waals surface area contributed by atoms with Gasteiger partial charge in [-0.1, -0.05) is 42.5 Å². The molecule has 0 bridgehead atoms. The van der Waals surface area contributed by atoms with Gasteiger partial charge >= 0.3 is 0 Å². The maximum Gasteiger partial charge on any atom is 0.193 e. The van der Waals surface area contributed by atoms with Gasteiger partial charge in [0.15, 0.2) is 5.96 Å². The Morgan fingerprint density at radius 1 is 1.19 bits per heavy atom. The predicted molar refractivity (Wildman–Crippen MR) is 108 cm³/mol. The van der Waals surface area contributed by atoms with E-state index in [0.717, 1.165) is 51.8 Å². The summed E-state index contributed by atoms with van der Waals surface area (Å²) in [4.78, 5) is 7.35. The molecule has 0 saturated carbocycles. The Labute approximate surface area is 156 Å². The maximum atomic E-state index is 5.66. The monoisotopic (exact) mass is 351 g/mol. The minimum absolute atomic E-state index is 0.370.